The van der Waals surface area contributed by atoms with Crippen LogP contribution in [0.1, 0.15) is 16.2 Å². The van der Waals surface area contributed by atoms with E-state index in [1.165, 1.54) is 14.2 Å². The van der Waals surface area contributed by atoms with E-state index < -0.39 is 5.97 Å². The second kappa shape index (κ2) is 6.27. The summed E-state index contributed by atoms with van der Waals surface area (Å²) in [6.07, 6.45) is 0. The standard InChI is InChI=1S/C14H15NO6/c1-18-7-10-12(14(16)17)21-13(15-10)9-5-4-8(19-2)6-11(9)20-3/h4-6H,7H2,1-3H3,(H,16,17). The van der Waals surface area contributed by atoms with Gasteiger partial charge in [-0.15, -0.1) is 0 Å². The van der Waals surface area contributed by atoms with Crippen LogP contribution in [-0.4, -0.2) is 37.4 Å². The molecule has 0 radical (unpaired) electrons. The summed E-state index contributed by atoms with van der Waals surface area (Å²) >= 11 is 0. The van der Waals surface area contributed by atoms with E-state index in [9.17, 15) is 4.79 Å². The van der Waals surface area contributed by atoms with Crippen LogP contribution in [0.5, 0.6) is 11.5 Å². The first-order valence-electron chi connectivity index (χ1n) is 6.05. The average molecular weight is 293 g/mol. The van der Waals surface area contributed by atoms with Gasteiger partial charge < -0.3 is 23.7 Å². The fourth-order valence-corrected chi connectivity index (χ4v) is 1.84. The van der Waals surface area contributed by atoms with Crippen molar-refractivity contribution >= 4 is 5.97 Å². The number of carboxylic acids is 1. The number of hydrogen-bond donors (Lipinski definition) is 1. The number of hydrogen-bond acceptors (Lipinski definition) is 6. The van der Waals surface area contributed by atoms with Crippen molar-refractivity contribution in [1.82, 2.24) is 4.98 Å². The highest BCUT2D eigenvalue weighted by Crippen LogP contribution is 2.33. The molecule has 2 rings (SSSR count). The molecule has 0 atom stereocenters. The van der Waals surface area contributed by atoms with Gasteiger partial charge in [-0.2, -0.15) is 0 Å². The lowest BCUT2D eigenvalue weighted by molar-refractivity contribution is 0.0656. The molecule has 112 valence electrons. The zero-order valence-corrected chi connectivity index (χ0v) is 11.9. The highest BCUT2D eigenvalue weighted by molar-refractivity contribution is 5.86. The Morgan fingerprint density at radius 2 is 2.05 bits per heavy atom. The number of aromatic nitrogens is 1. The molecule has 2 aromatic rings. The van der Waals surface area contributed by atoms with Crippen LogP contribution >= 0.6 is 0 Å². The van der Waals surface area contributed by atoms with Gasteiger partial charge in [0.2, 0.25) is 11.7 Å². The van der Waals surface area contributed by atoms with Gasteiger partial charge in [0.05, 0.1) is 26.4 Å². The number of rotatable bonds is 6. The van der Waals surface area contributed by atoms with E-state index >= 15 is 0 Å². The van der Waals surface area contributed by atoms with Crippen LogP contribution in [0.25, 0.3) is 11.5 Å². The van der Waals surface area contributed by atoms with Crippen molar-refractivity contribution < 1.29 is 28.5 Å². The molecule has 0 fully saturated rings. The maximum Gasteiger partial charge on any atom is 0.373 e. The molecule has 7 nitrogen and oxygen atoms in total. The maximum absolute atomic E-state index is 11.2. The highest BCUT2D eigenvalue weighted by atomic mass is 16.5. The van der Waals surface area contributed by atoms with E-state index in [2.05, 4.69) is 4.98 Å². The van der Waals surface area contributed by atoms with E-state index in [1.807, 2.05) is 0 Å². The molecule has 0 saturated carbocycles. The van der Waals surface area contributed by atoms with E-state index in [4.69, 9.17) is 23.7 Å². The summed E-state index contributed by atoms with van der Waals surface area (Å²) in [7, 11) is 4.49. The Kier molecular flexibility index (Phi) is 4.44. The Morgan fingerprint density at radius 1 is 1.29 bits per heavy atom. The van der Waals surface area contributed by atoms with E-state index in [-0.39, 0.29) is 24.0 Å². The van der Waals surface area contributed by atoms with Crippen LogP contribution in [0.2, 0.25) is 0 Å². The average Bonchev–Trinajstić information content (AvgIpc) is 2.91. The van der Waals surface area contributed by atoms with Gasteiger partial charge in [-0.1, -0.05) is 0 Å². The molecule has 21 heavy (non-hydrogen) atoms. The lowest BCUT2D eigenvalue weighted by Crippen LogP contribution is -2.00. The fourth-order valence-electron chi connectivity index (χ4n) is 1.84. The fraction of sp³-hybridized carbons (Fsp3) is 0.286. The zero-order chi connectivity index (χ0) is 15.4. The molecule has 0 saturated heterocycles. The summed E-state index contributed by atoms with van der Waals surface area (Å²) < 4.78 is 20.6. The Balaban J connectivity index is 2.51. The molecule has 1 N–H and O–H groups in total. The first kappa shape index (κ1) is 14.9. The minimum Gasteiger partial charge on any atom is -0.497 e. The number of nitrogens with zero attached hydrogens (tertiary/aromatic N) is 1. The van der Waals surface area contributed by atoms with Gasteiger partial charge in [0, 0.05) is 13.2 Å². The van der Waals surface area contributed by atoms with Gasteiger partial charge in [-0.25, -0.2) is 9.78 Å². The number of carboxylic acid groups (broad SMARTS) is 1. The van der Waals surface area contributed by atoms with Crippen molar-refractivity contribution in [3.05, 3.63) is 29.7 Å². The van der Waals surface area contributed by atoms with Gasteiger partial charge in [0.15, 0.2) is 0 Å². The summed E-state index contributed by atoms with van der Waals surface area (Å²) in [5, 5.41) is 9.12. The highest BCUT2D eigenvalue weighted by Gasteiger charge is 2.22. The Hall–Kier alpha value is -2.54. The van der Waals surface area contributed by atoms with Crippen LogP contribution in [0.4, 0.5) is 0 Å². The molecule has 0 aliphatic heterocycles. The monoisotopic (exact) mass is 293 g/mol. The van der Waals surface area contributed by atoms with Crippen molar-refractivity contribution in [2.24, 2.45) is 0 Å². The maximum atomic E-state index is 11.2. The van der Waals surface area contributed by atoms with Gasteiger partial charge in [-0.05, 0) is 12.1 Å². The normalized spacial score (nSPS) is 10.4. The van der Waals surface area contributed by atoms with Crippen LogP contribution < -0.4 is 9.47 Å². The number of aromatic carboxylic acids is 1. The summed E-state index contributed by atoms with van der Waals surface area (Å²) in [6.45, 7) is 0.0452. The number of benzene rings is 1. The first-order valence-corrected chi connectivity index (χ1v) is 6.05. The number of oxazole rings is 1. The number of methoxy groups -OCH3 is 3. The molecule has 0 aliphatic rings. The smallest absolute Gasteiger partial charge is 0.373 e. The van der Waals surface area contributed by atoms with Crippen LogP contribution in [-0.2, 0) is 11.3 Å². The first-order chi connectivity index (χ1) is 10.1. The Bertz CT molecular complexity index is 649. The van der Waals surface area contributed by atoms with Gasteiger partial charge in [0.25, 0.3) is 0 Å². The van der Waals surface area contributed by atoms with Crippen LogP contribution in [0.3, 0.4) is 0 Å². The third kappa shape index (κ3) is 2.97. The second-order valence-electron chi connectivity index (χ2n) is 4.10. The summed E-state index contributed by atoms with van der Waals surface area (Å²) in [5.41, 5.74) is 0.751. The SMILES string of the molecule is COCc1nc(-c2ccc(OC)cc2OC)oc1C(=O)O. The zero-order valence-electron chi connectivity index (χ0n) is 11.9. The number of carbonyl (C=O) groups is 1. The topological polar surface area (TPSA) is 91.0 Å². The minimum absolute atomic E-state index is 0.0452. The molecular weight excluding hydrogens is 278 g/mol. The van der Waals surface area contributed by atoms with Crippen molar-refractivity contribution in [3.63, 3.8) is 0 Å². The Morgan fingerprint density at radius 3 is 2.62 bits per heavy atom. The van der Waals surface area contributed by atoms with Crippen molar-refractivity contribution in [2.75, 3.05) is 21.3 Å². The predicted molar refractivity (Wildman–Crippen MR) is 72.7 cm³/mol. The molecule has 0 aliphatic carbocycles. The lowest BCUT2D eigenvalue weighted by atomic mass is 10.2. The van der Waals surface area contributed by atoms with Crippen LogP contribution in [0.15, 0.2) is 22.6 Å². The van der Waals surface area contributed by atoms with Crippen LogP contribution in [0, 0.1) is 0 Å². The molecule has 1 aromatic carbocycles. The number of ether oxygens (including phenoxy) is 3. The largest absolute Gasteiger partial charge is 0.497 e. The lowest BCUT2D eigenvalue weighted by Gasteiger charge is -2.07. The molecule has 0 bridgehead atoms. The quantitative estimate of drug-likeness (QED) is 0.872. The third-order valence-electron chi connectivity index (χ3n) is 2.81. The molecule has 0 spiro atoms. The molecule has 1 aromatic heterocycles. The van der Waals surface area contributed by atoms with Crippen molar-refractivity contribution in [1.29, 1.82) is 0 Å². The second-order valence-corrected chi connectivity index (χ2v) is 4.10. The summed E-state index contributed by atoms with van der Waals surface area (Å²) in [4.78, 5) is 15.3. The summed E-state index contributed by atoms with van der Waals surface area (Å²) in [6, 6.07) is 5.06. The predicted octanol–water partition coefficient (Wildman–Crippen LogP) is 2.20. The van der Waals surface area contributed by atoms with Gasteiger partial charge in [0.1, 0.15) is 17.2 Å². The third-order valence-corrected chi connectivity index (χ3v) is 2.81. The van der Waals surface area contributed by atoms with E-state index in [1.54, 1.807) is 25.3 Å². The molecule has 0 amide bonds. The van der Waals surface area contributed by atoms with E-state index in [0.717, 1.165) is 0 Å². The minimum atomic E-state index is -1.20. The van der Waals surface area contributed by atoms with Gasteiger partial charge in [-0.3, -0.25) is 0 Å². The molecular formula is C14H15NO6. The van der Waals surface area contributed by atoms with Gasteiger partial charge >= 0.3 is 5.97 Å². The Labute approximate surface area is 121 Å². The molecule has 0 unspecified atom stereocenters. The van der Waals surface area contributed by atoms with E-state index in [0.29, 0.717) is 17.1 Å². The molecule has 1 heterocycles. The van der Waals surface area contributed by atoms with Crippen molar-refractivity contribution in [2.45, 2.75) is 6.61 Å². The van der Waals surface area contributed by atoms with Crippen molar-refractivity contribution in [3.8, 4) is 23.0 Å². The summed E-state index contributed by atoms with van der Waals surface area (Å²) in [5.74, 6) is -0.216. The molecule has 7 heteroatoms.